The molecule has 0 unspecified atom stereocenters. The Balaban J connectivity index is 2.52. The predicted molar refractivity (Wildman–Crippen MR) is 101 cm³/mol. The fourth-order valence-electron chi connectivity index (χ4n) is 2.10. The van der Waals surface area contributed by atoms with Gasteiger partial charge in [-0.3, -0.25) is 4.31 Å². The van der Waals surface area contributed by atoms with Crippen molar-refractivity contribution < 1.29 is 8.42 Å². The van der Waals surface area contributed by atoms with Gasteiger partial charge in [0.15, 0.2) is 0 Å². The number of anilines is 1. The van der Waals surface area contributed by atoms with Crippen molar-refractivity contribution in [3.05, 3.63) is 57.5 Å². The Morgan fingerprint density at radius 1 is 1.04 bits per heavy atom. The number of nitrogens with two attached hydrogens (primary N) is 1. The first kappa shape index (κ1) is 19.3. The molecule has 2 rings (SSSR count). The number of nitrogens with zero attached hydrogens (tertiary/aromatic N) is 1. The monoisotopic (exact) mass is 406 g/mol. The lowest BCUT2D eigenvalue weighted by atomic mass is 10.2. The van der Waals surface area contributed by atoms with Gasteiger partial charge in [-0.05, 0) is 55.8 Å². The van der Waals surface area contributed by atoms with Gasteiger partial charge in [-0.1, -0.05) is 34.8 Å². The minimum absolute atomic E-state index is 0.118. The van der Waals surface area contributed by atoms with E-state index < -0.39 is 10.0 Å². The van der Waals surface area contributed by atoms with Crippen LogP contribution in [0.25, 0.3) is 0 Å². The second-order valence-electron chi connectivity index (χ2n) is 5.39. The van der Waals surface area contributed by atoms with Gasteiger partial charge in [-0.15, -0.1) is 0 Å². The lowest BCUT2D eigenvalue weighted by molar-refractivity contribution is 0.584. The standard InChI is InChI=1S/C16H17Cl3N2O2S/c1-11(20)8-9-21(16-10-13(18)4-7-15(16)19)24(22,23)14-5-2-12(17)3-6-14/h2-7,10-11H,8-9,20H2,1H3/t11-/m1/s1. The molecule has 0 saturated heterocycles. The van der Waals surface area contributed by atoms with Crippen LogP contribution in [0, 0.1) is 0 Å². The summed E-state index contributed by atoms with van der Waals surface area (Å²) in [5.74, 6) is 0. The van der Waals surface area contributed by atoms with Crippen LogP contribution in [0.3, 0.4) is 0 Å². The molecular formula is C16H17Cl3N2O2S. The zero-order valence-corrected chi connectivity index (χ0v) is 16.0. The average Bonchev–Trinajstić information content (AvgIpc) is 2.50. The van der Waals surface area contributed by atoms with E-state index in [-0.39, 0.29) is 17.5 Å². The zero-order valence-electron chi connectivity index (χ0n) is 12.9. The van der Waals surface area contributed by atoms with E-state index in [0.29, 0.717) is 27.2 Å². The van der Waals surface area contributed by atoms with E-state index >= 15 is 0 Å². The number of benzene rings is 2. The van der Waals surface area contributed by atoms with Crippen molar-refractivity contribution in [1.82, 2.24) is 0 Å². The maximum absolute atomic E-state index is 13.1. The molecule has 1 atom stereocenters. The van der Waals surface area contributed by atoms with Crippen molar-refractivity contribution in [2.75, 3.05) is 10.8 Å². The average molecular weight is 408 g/mol. The third-order valence-electron chi connectivity index (χ3n) is 3.37. The quantitative estimate of drug-likeness (QED) is 0.762. The van der Waals surface area contributed by atoms with E-state index in [4.69, 9.17) is 40.5 Å². The fraction of sp³-hybridized carbons (Fsp3) is 0.250. The maximum Gasteiger partial charge on any atom is 0.264 e. The Morgan fingerprint density at radius 3 is 2.21 bits per heavy atom. The predicted octanol–water partition coefficient (Wildman–Crippen LogP) is 4.58. The summed E-state index contributed by atoms with van der Waals surface area (Å²) in [6.45, 7) is 2.00. The van der Waals surface area contributed by atoms with Crippen molar-refractivity contribution in [3.8, 4) is 0 Å². The Hall–Kier alpha value is -0.980. The van der Waals surface area contributed by atoms with Gasteiger partial charge in [-0.25, -0.2) is 8.42 Å². The summed E-state index contributed by atoms with van der Waals surface area (Å²) < 4.78 is 27.4. The summed E-state index contributed by atoms with van der Waals surface area (Å²) >= 11 is 18.1. The van der Waals surface area contributed by atoms with Gasteiger partial charge in [0.05, 0.1) is 15.6 Å². The van der Waals surface area contributed by atoms with Crippen LogP contribution in [0.2, 0.25) is 15.1 Å². The summed E-state index contributed by atoms with van der Waals surface area (Å²) in [6, 6.07) is 10.5. The molecular weight excluding hydrogens is 391 g/mol. The van der Waals surface area contributed by atoms with Crippen LogP contribution < -0.4 is 10.0 Å². The number of hydrogen-bond acceptors (Lipinski definition) is 3. The molecule has 0 aliphatic heterocycles. The molecule has 4 nitrogen and oxygen atoms in total. The number of hydrogen-bond donors (Lipinski definition) is 1. The summed E-state index contributed by atoms with van der Waals surface area (Å²) in [6.07, 6.45) is 0.468. The lowest BCUT2D eigenvalue weighted by Crippen LogP contribution is -2.35. The zero-order chi connectivity index (χ0) is 17.9. The summed E-state index contributed by atoms with van der Waals surface area (Å²) in [5.41, 5.74) is 6.11. The van der Waals surface area contributed by atoms with Gasteiger partial charge < -0.3 is 5.73 Å². The van der Waals surface area contributed by atoms with Crippen molar-refractivity contribution in [3.63, 3.8) is 0 Å². The van der Waals surface area contributed by atoms with Crippen molar-refractivity contribution in [1.29, 1.82) is 0 Å². The Labute approximate surface area is 157 Å². The first-order valence-corrected chi connectivity index (χ1v) is 9.78. The topological polar surface area (TPSA) is 63.4 Å². The number of rotatable bonds is 6. The first-order valence-electron chi connectivity index (χ1n) is 7.21. The molecule has 2 aromatic rings. The highest BCUT2D eigenvalue weighted by molar-refractivity contribution is 7.92. The summed E-state index contributed by atoms with van der Waals surface area (Å²) in [5, 5.41) is 1.14. The highest BCUT2D eigenvalue weighted by Gasteiger charge is 2.27. The number of halogens is 3. The molecule has 8 heteroatoms. The summed E-state index contributed by atoms with van der Waals surface area (Å²) in [4.78, 5) is 0.118. The van der Waals surface area contributed by atoms with Gasteiger partial charge in [0.25, 0.3) is 10.0 Å². The second-order valence-corrected chi connectivity index (χ2v) is 8.54. The molecule has 0 radical (unpaired) electrons. The molecule has 0 aromatic heterocycles. The first-order chi connectivity index (χ1) is 11.2. The van der Waals surface area contributed by atoms with E-state index in [2.05, 4.69) is 0 Å². The molecule has 0 heterocycles. The Kier molecular flexibility index (Phi) is 6.39. The molecule has 24 heavy (non-hydrogen) atoms. The molecule has 0 spiro atoms. The van der Waals surface area contributed by atoms with Crippen LogP contribution in [-0.4, -0.2) is 21.0 Å². The second kappa shape index (κ2) is 7.93. The molecule has 0 amide bonds. The third kappa shape index (κ3) is 4.55. The summed E-state index contributed by atoms with van der Waals surface area (Å²) in [7, 11) is -3.83. The molecule has 0 fully saturated rings. The number of sulfonamides is 1. The van der Waals surface area contributed by atoms with Gasteiger partial charge in [0.2, 0.25) is 0 Å². The molecule has 0 aliphatic rings. The molecule has 0 bridgehead atoms. The highest BCUT2D eigenvalue weighted by atomic mass is 35.5. The van der Waals surface area contributed by atoms with Crippen molar-refractivity contribution in [2.45, 2.75) is 24.3 Å². The molecule has 2 aromatic carbocycles. The molecule has 130 valence electrons. The fourth-order valence-corrected chi connectivity index (χ4v) is 4.15. The Bertz CT molecular complexity index is 809. The maximum atomic E-state index is 13.1. The van der Waals surface area contributed by atoms with Crippen LogP contribution in [-0.2, 0) is 10.0 Å². The van der Waals surface area contributed by atoms with E-state index in [1.807, 2.05) is 6.92 Å². The normalized spacial score (nSPS) is 12.9. The van der Waals surface area contributed by atoms with Crippen molar-refractivity contribution in [2.24, 2.45) is 5.73 Å². The highest BCUT2D eigenvalue weighted by Crippen LogP contribution is 2.33. The largest absolute Gasteiger partial charge is 0.328 e. The van der Waals surface area contributed by atoms with Gasteiger partial charge in [0, 0.05) is 22.6 Å². The molecule has 0 saturated carbocycles. The third-order valence-corrected chi connectivity index (χ3v) is 6.00. The minimum Gasteiger partial charge on any atom is -0.328 e. The molecule has 2 N–H and O–H groups in total. The molecule has 0 aliphatic carbocycles. The van der Waals surface area contributed by atoms with E-state index in [1.54, 1.807) is 12.1 Å². The van der Waals surface area contributed by atoms with Crippen molar-refractivity contribution >= 4 is 50.5 Å². The van der Waals surface area contributed by atoms with E-state index in [0.717, 1.165) is 0 Å². The minimum atomic E-state index is -3.83. The van der Waals surface area contributed by atoms with Crippen LogP contribution in [0.4, 0.5) is 5.69 Å². The SMILES string of the molecule is C[C@@H](N)CCN(c1cc(Cl)ccc1Cl)S(=O)(=O)c1ccc(Cl)cc1. The van der Waals surface area contributed by atoms with Crippen LogP contribution in [0.15, 0.2) is 47.4 Å². The van der Waals surface area contributed by atoms with E-state index in [9.17, 15) is 8.42 Å². The smallest absolute Gasteiger partial charge is 0.264 e. The van der Waals surface area contributed by atoms with E-state index in [1.165, 1.54) is 34.6 Å². The van der Waals surface area contributed by atoms with Gasteiger partial charge in [0.1, 0.15) is 0 Å². The van der Waals surface area contributed by atoms with Crippen LogP contribution >= 0.6 is 34.8 Å². The van der Waals surface area contributed by atoms with Crippen LogP contribution in [0.5, 0.6) is 0 Å². The Morgan fingerprint density at radius 2 is 1.62 bits per heavy atom. The lowest BCUT2D eigenvalue weighted by Gasteiger charge is -2.26. The van der Waals surface area contributed by atoms with Gasteiger partial charge in [-0.2, -0.15) is 0 Å². The van der Waals surface area contributed by atoms with Crippen LogP contribution in [0.1, 0.15) is 13.3 Å². The van der Waals surface area contributed by atoms with Gasteiger partial charge >= 0.3 is 0 Å².